The van der Waals surface area contributed by atoms with Gasteiger partial charge in [0.2, 0.25) is 5.91 Å². The number of rotatable bonds is 7. The van der Waals surface area contributed by atoms with Crippen molar-refractivity contribution in [2.75, 3.05) is 31.2 Å². The van der Waals surface area contributed by atoms with Crippen LogP contribution in [0.3, 0.4) is 0 Å². The zero-order valence-electron chi connectivity index (χ0n) is 14.5. The lowest BCUT2D eigenvalue weighted by Gasteiger charge is -2.18. The summed E-state index contributed by atoms with van der Waals surface area (Å²) >= 11 is 0. The summed E-state index contributed by atoms with van der Waals surface area (Å²) < 4.78 is 11.1. The number of ether oxygens (including phenoxy) is 2. The van der Waals surface area contributed by atoms with Gasteiger partial charge in [0.05, 0.1) is 12.7 Å². The van der Waals surface area contributed by atoms with Crippen molar-refractivity contribution in [2.45, 2.75) is 51.4 Å². The number of amides is 1. The average molecular weight is 332 g/mol. The van der Waals surface area contributed by atoms with E-state index in [1.54, 1.807) is 6.92 Å². The Hall–Kier alpha value is -1.59. The van der Waals surface area contributed by atoms with E-state index in [9.17, 15) is 4.79 Å². The number of hydrogen-bond acceptors (Lipinski definition) is 4. The average Bonchev–Trinajstić information content (AvgIpc) is 3.31. The molecule has 132 valence electrons. The number of hydrogen-bond donors (Lipinski definition) is 1. The minimum atomic E-state index is -0.446. The van der Waals surface area contributed by atoms with Crippen LogP contribution < -0.4 is 10.2 Å². The minimum absolute atomic E-state index is 0.0726. The number of carbonyl (C=O) groups excluding carboxylic acids is 1. The molecule has 5 nitrogen and oxygen atoms in total. The molecule has 2 atom stereocenters. The predicted octanol–water partition coefficient (Wildman–Crippen LogP) is 2.49. The smallest absolute Gasteiger partial charge is 0.249 e. The second-order valence-electron chi connectivity index (χ2n) is 6.69. The van der Waals surface area contributed by atoms with Crippen molar-refractivity contribution < 1.29 is 14.3 Å². The molecule has 0 bridgehead atoms. The topological polar surface area (TPSA) is 50.8 Å². The SMILES string of the molecule is C[C@@H](OC[C@H]1CCCO1)C(=O)NCc1ccc(N2CCCC2)cc1. The van der Waals surface area contributed by atoms with Crippen LogP contribution in [0.1, 0.15) is 38.2 Å². The van der Waals surface area contributed by atoms with E-state index in [-0.39, 0.29) is 12.0 Å². The molecule has 0 unspecified atom stereocenters. The van der Waals surface area contributed by atoms with Crippen LogP contribution in [0.25, 0.3) is 0 Å². The van der Waals surface area contributed by atoms with Crippen LogP contribution in [-0.4, -0.2) is 44.4 Å². The molecule has 3 rings (SSSR count). The molecular weight excluding hydrogens is 304 g/mol. The quantitative estimate of drug-likeness (QED) is 0.833. The van der Waals surface area contributed by atoms with Crippen molar-refractivity contribution in [3.8, 4) is 0 Å². The van der Waals surface area contributed by atoms with Gasteiger partial charge in [-0.3, -0.25) is 4.79 Å². The molecular formula is C19H28N2O3. The molecule has 1 aromatic carbocycles. The summed E-state index contributed by atoms with van der Waals surface area (Å²) in [4.78, 5) is 14.5. The first-order chi connectivity index (χ1) is 11.7. The van der Waals surface area contributed by atoms with Crippen molar-refractivity contribution in [1.82, 2.24) is 5.32 Å². The summed E-state index contributed by atoms with van der Waals surface area (Å²) in [5.41, 5.74) is 2.38. The summed E-state index contributed by atoms with van der Waals surface area (Å²) in [6.07, 6.45) is 4.37. The lowest BCUT2D eigenvalue weighted by Crippen LogP contribution is -2.35. The molecule has 0 radical (unpaired) electrons. The van der Waals surface area contributed by atoms with Gasteiger partial charge in [0.15, 0.2) is 0 Å². The zero-order chi connectivity index (χ0) is 16.8. The fourth-order valence-corrected chi connectivity index (χ4v) is 3.24. The molecule has 2 heterocycles. The van der Waals surface area contributed by atoms with Crippen LogP contribution in [0.4, 0.5) is 5.69 Å². The second-order valence-corrected chi connectivity index (χ2v) is 6.69. The van der Waals surface area contributed by atoms with E-state index in [1.807, 2.05) is 0 Å². The van der Waals surface area contributed by atoms with Crippen LogP contribution in [0.5, 0.6) is 0 Å². The molecule has 2 saturated heterocycles. The van der Waals surface area contributed by atoms with E-state index in [0.29, 0.717) is 13.2 Å². The highest BCUT2D eigenvalue weighted by Gasteiger charge is 2.19. The number of anilines is 1. The fourth-order valence-electron chi connectivity index (χ4n) is 3.24. The molecule has 24 heavy (non-hydrogen) atoms. The van der Waals surface area contributed by atoms with Gasteiger partial charge in [0, 0.05) is 31.9 Å². The largest absolute Gasteiger partial charge is 0.376 e. The molecule has 1 N–H and O–H groups in total. The molecule has 1 amide bonds. The Bertz CT molecular complexity index is 520. The van der Waals surface area contributed by atoms with E-state index in [2.05, 4.69) is 34.5 Å². The third kappa shape index (κ3) is 4.71. The Morgan fingerprint density at radius 1 is 1.29 bits per heavy atom. The Balaban J connectivity index is 1.40. The van der Waals surface area contributed by atoms with E-state index in [4.69, 9.17) is 9.47 Å². The van der Waals surface area contributed by atoms with Crippen LogP contribution >= 0.6 is 0 Å². The molecule has 0 spiro atoms. The molecule has 1 aromatic rings. The van der Waals surface area contributed by atoms with E-state index < -0.39 is 6.10 Å². The third-order valence-electron chi connectivity index (χ3n) is 4.80. The molecule has 0 aliphatic carbocycles. The highest BCUT2D eigenvalue weighted by molar-refractivity contribution is 5.80. The van der Waals surface area contributed by atoms with Crippen molar-refractivity contribution in [1.29, 1.82) is 0 Å². The van der Waals surface area contributed by atoms with Gasteiger partial charge < -0.3 is 19.7 Å². The predicted molar refractivity (Wildman–Crippen MR) is 94.1 cm³/mol. The Kier molecular flexibility index (Phi) is 6.10. The van der Waals surface area contributed by atoms with Crippen LogP contribution in [0, 0.1) is 0 Å². The van der Waals surface area contributed by atoms with Gasteiger partial charge in [-0.2, -0.15) is 0 Å². The maximum Gasteiger partial charge on any atom is 0.249 e. The van der Waals surface area contributed by atoms with Crippen molar-refractivity contribution in [3.05, 3.63) is 29.8 Å². The first-order valence-electron chi connectivity index (χ1n) is 9.07. The minimum Gasteiger partial charge on any atom is -0.376 e. The van der Waals surface area contributed by atoms with Gasteiger partial charge in [-0.25, -0.2) is 0 Å². The standard InChI is InChI=1S/C19H28N2O3/c1-15(24-14-18-5-4-12-23-18)19(22)20-13-16-6-8-17(9-7-16)21-10-2-3-11-21/h6-9,15,18H,2-5,10-14H2,1H3,(H,20,22)/t15-,18-/m1/s1. The van der Waals surface area contributed by atoms with E-state index in [1.165, 1.54) is 18.5 Å². The van der Waals surface area contributed by atoms with Gasteiger partial charge in [0.25, 0.3) is 0 Å². The number of carbonyl (C=O) groups is 1. The highest BCUT2D eigenvalue weighted by Crippen LogP contribution is 2.20. The van der Waals surface area contributed by atoms with Gasteiger partial charge in [-0.1, -0.05) is 12.1 Å². The van der Waals surface area contributed by atoms with Crippen LogP contribution in [0.2, 0.25) is 0 Å². The lowest BCUT2D eigenvalue weighted by molar-refractivity contribution is -0.133. The van der Waals surface area contributed by atoms with Gasteiger partial charge in [0.1, 0.15) is 6.10 Å². The molecule has 2 aliphatic heterocycles. The molecule has 0 aromatic heterocycles. The molecule has 2 fully saturated rings. The van der Waals surface area contributed by atoms with Gasteiger partial charge in [-0.15, -0.1) is 0 Å². The summed E-state index contributed by atoms with van der Waals surface area (Å²) in [6.45, 7) is 5.93. The summed E-state index contributed by atoms with van der Waals surface area (Å²) in [7, 11) is 0. The Morgan fingerprint density at radius 3 is 2.71 bits per heavy atom. The first kappa shape index (κ1) is 17.2. The maximum atomic E-state index is 12.1. The van der Waals surface area contributed by atoms with Gasteiger partial charge >= 0.3 is 0 Å². The first-order valence-corrected chi connectivity index (χ1v) is 9.07. The highest BCUT2D eigenvalue weighted by atomic mass is 16.5. The fraction of sp³-hybridized carbons (Fsp3) is 0.632. The van der Waals surface area contributed by atoms with E-state index in [0.717, 1.165) is 38.1 Å². The number of nitrogens with one attached hydrogen (secondary N) is 1. The Morgan fingerprint density at radius 2 is 2.04 bits per heavy atom. The van der Waals surface area contributed by atoms with E-state index >= 15 is 0 Å². The summed E-state index contributed by atoms with van der Waals surface area (Å²) in [5, 5.41) is 2.94. The maximum absolute atomic E-state index is 12.1. The van der Waals surface area contributed by atoms with Crippen LogP contribution in [-0.2, 0) is 20.8 Å². The number of benzene rings is 1. The van der Waals surface area contributed by atoms with Gasteiger partial charge in [-0.05, 0) is 50.3 Å². The summed E-state index contributed by atoms with van der Waals surface area (Å²) in [5.74, 6) is -0.0726. The van der Waals surface area contributed by atoms with Crippen molar-refractivity contribution in [2.24, 2.45) is 0 Å². The molecule has 0 saturated carbocycles. The molecule has 2 aliphatic rings. The Labute approximate surface area is 144 Å². The lowest BCUT2D eigenvalue weighted by atomic mass is 10.2. The second kappa shape index (κ2) is 8.49. The van der Waals surface area contributed by atoms with Crippen molar-refractivity contribution in [3.63, 3.8) is 0 Å². The van der Waals surface area contributed by atoms with Crippen molar-refractivity contribution >= 4 is 11.6 Å². The monoisotopic (exact) mass is 332 g/mol. The normalized spacial score (nSPS) is 21.9. The zero-order valence-corrected chi connectivity index (χ0v) is 14.5. The summed E-state index contributed by atoms with van der Waals surface area (Å²) in [6, 6.07) is 8.46. The third-order valence-corrected chi connectivity index (χ3v) is 4.80. The molecule has 5 heteroatoms. The van der Waals surface area contributed by atoms with Crippen LogP contribution in [0.15, 0.2) is 24.3 Å². The number of nitrogens with zero attached hydrogens (tertiary/aromatic N) is 1.